The average molecular weight is 402 g/mol. The van der Waals surface area contributed by atoms with E-state index in [1.807, 2.05) is 0 Å². The van der Waals surface area contributed by atoms with Crippen LogP contribution in [0.15, 0.2) is 18.2 Å². The van der Waals surface area contributed by atoms with Crippen molar-refractivity contribution in [1.82, 2.24) is 14.7 Å². The number of benzene rings is 1. The number of carbonyl (C=O) groups excluding carboxylic acids is 1. The van der Waals surface area contributed by atoms with Crippen molar-refractivity contribution in [1.29, 1.82) is 0 Å². The normalized spacial score (nSPS) is 23.7. The van der Waals surface area contributed by atoms with Gasteiger partial charge in [0.25, 0.3) is 11.6 Å². The van der Waals surface area contributed by atoms with Crippen LogP contribution in [0.4, 0.5) is 11.4 Å². The molecular weight excluding hydrogens is 370 g/mol. The summed E-state index contributed by atoms with van der Waals surface area (Å²) in [6.45, 7) is 11.0. The van der Waals surface area contributed by atoms with E-state index in [4.69, 9.17) is 0 Å². The first-order valence-corrected chi connectivity index (χ1v) is 10.9. The highest BCUT2D eigenvalue weighted by atomic mass is 16.6. The Balaban J connectivity index is 1.48. The van der Waals surface area contributed by atoms with Crippen molar-refractivity contribution in [2.45, 2.75) is 32.2 Å². The highest BCUT2D eigenvalue weighted by Gasteiger charge is 2.32. The number of likely N-dealkylation sites (N-methyl/N-ethyl adjacent to an activating group) is 1. The molecule has 0 radical (unpaired) electrons. The number of anilines is 1. The van der Waals surface area contributed by atoms with Crippen LogP contribution in [0.5, 0.6) is 0 Å². The van der Waals surface area contributed by atoms with Crippen LogP contribution in [0.25, 0.3) is 0 Å². The van der Waals surface area contributed by atoms with Crippen molar-refractivity contribution in [3.05, 3.63) is 33.9 Å². The Morgan fingerprint density at radius 1 is 1.10 bits per heavy atom. The summed E-state index contributed by atoms with van der Waals surface area (Å²) in [6.07, 6.45) is 3.04. The van der Waals surface area contributed by atoms with Crippen LogP contribution in [0.3, 0.4) is 0 Å². The minimum atomic E-state index is -0.437. The van der Waals surface area contributed by atoms with Crippen molar-refractivity contribution in [3.63, 3.8) is 0 Å². The maximum Gasteiger partial charge on any atom is 0.282 e. The number of piperazine rings is 1. The fourth-order valence-electron chi connectivity index (χ4n) is 4.86. The SMILES string of the molecule is CCN1CCN(C2CCN(c3ccc([N+](=O)[O-])c(C(=O)N4CCCC4)c3)C2)CC1. The minimum Gasteiger partial charge on any atom is -0.370 e. The number of hydrogen-bond acceptors (Lipinski definition) is 6. The van der Waals surface area contributed by atoms with Crippen LogP contribution in [0, 0.1) is 10.1 Å². The van der Waals surface area contributed by atoms with Gasteiger partial charge in [-0.15, -0.1) is 0 Å². The Hall–Kier alpha value is -2.19. The van der Waals surface area contributed by atoms with Gasteiger partial charge in [-0.2, -0.15) is 0 Å². The third-order valence-corrected chi connectivity index (χ3v) is 6.70. The predicted molar refractivity (Wildman–Crippen MR) is 113 cm³/mol. The smallest absolute Gasteiger partial charge is 0.282 e. The summed E-state index contributed by atoms with van der Waals surface area (Å²) in [5.74, 6) is -0.206. The second-order valence-corrected chi connectivity index (χ2v) is 8.32. The summed E-state index contributed by atoms with van der Waals surface area (Å²) in [5.41, 5.74) is 1.07. The molecular formula is C21H31N5O3. The summed E-state index contributed by atoms with van der Waals surface area (Å²) in [4.78, 5) is 33.0. The van der Waals surface area contributed by atoms with Gasteiger partial charge in [-0.3, -0.25) is 19.8 Å². The maximum absolute atomic E-state index is 12.9. The minimum absolute atomic E-state index is 0.0860. The summed E-state index contributed by atoms with van der Waals surface area (Å²) in [5, 5.41) is 11.5. The van der Waals surface area contributed by atoms with Gasteiger partial charge in [0.15, 0.2) is 0 Å². The molecule has 0 bridgehead atoms. The summed E-state index contributed by atoms with van der Waals surface area (Å²) in [6, 6.07) is 5.57. The third kappa shape index (κ3) is 4.23. The molecule has 0 aliphatic carbocycles. The van der Waals surface area contributed by atoms with Crippen LogP contribution in [-0.2, 0) is 0 Å². The molecule has 1 atom stereocenters. The first-order valence-electron chi connectivity index (χ1n) is 10.9. The zero-order valence-corrected chi connectivity index (χ0v) is 17.3. The third-order valence-electron chi connectivity index (χ3n) is 6.70. The lowest BCUT2D eigenvalue weighted by molar-refractivity contribution is -0.385. The molecule has 29 heavy (non-hydrogen) atoms. The van der Waals surface area contributed by atoms with Gasteiger partial charge in [-0.25, -0.2) is 0 Å². The van der Waals surface area contributed by atoms with Crippen molar-refractivity contribution in [2.24, 2.45) is 0 Å². The van der Waals surface area contributed by atoms with Gasteiger partial charge in [0.2, 0.25) is 0 Å². The summed E-state index contributed by atoms with van der Waals surface area (Å²) < 4.78 is 0. The van der Waals surface area contributed by atoms with Crippen LogP contribution < -0.4 is 4.90 Å². The summed E-state index contributed by atoms with van der Waals surface area (Å²) in [7, 11) is 0. The largest absolute Gasteiger partial charge is 0.370 e. The van der Waals surface area contributed by atoms with Gasteiger partial charge in [0.1, 0.15) is 5.56 Å². The zero-order chi connectivity index (χ0) is 20.4. The molecule has 0 spiro atoms. The van der Waals surface area contributed by atoms with Crippen LogP contribution in [-0.4, -0.2) is 90.5 Å². The number of likely N-dealkylation sites (tertiary alicyclic amines) is 1. The highest BCUT2D eigenvalue weighted by Crippen LogP contribution is 2.30. The lowest BCUT2D eigenvalue weighted by Crippen LogP contribution is -2.50. The standard InChI is InChI=1S/C21H31N5O3/c1-2-22-11-13-23(14-12-22)18-7-10-25(16-18)17-5-6-20(26(28)29)19(15-17)21(27)24-8-3-4-9-24/h5-6,15,18H,2-4,7-14,16H2,1H3. The van der Waals surface area contributed by atoms with E-state index in [1.165, 1.54) is 6.07 Å². The number of carbonyl (C=O) groups is 1. The number of nitro benzene ring substituents is 1. The molecule has 1 unspecified atom stereocenters. The molecule has 8 nitrogen and oxygen atoms in total. The van der Waals surface area contributed by atoms with Gasteiger partial charge >= 0.3 is 0 Å². The van der Waals surface area contributed by atoms with Crippen LogP contribution in [0.1, 0.15) is 36.5 Å². The number of rotatable bonds is 5. The quantitative estimate of drug-likeness (QED) is 0.555. The van der Waals surface area contributed by atoms with Crippen molar-refractivity contribution in [3.8, 4) is 0 Å². The number of nitro groups is 1. The fraction of sp³-hybridized carbons (Fsp3) is 0.667. The Kier molecular flexibility index (Phi) is 6.01. The first-order chi connectivity index (χ1) is 14.1. The van der Waals surface area contributed by atoms with Gasteiger partial charge in [-0.1, -0.05) is 6.92 Å². The molecule has 1 aromatic rings. The molecule has 1 amide bonds. The molecule has 1 aromatic carbocycles. The van der Waals surface area contributed by atoms with Gasteiger partial charge in [-0.05, 0) is 37.9 Å². The van der Waals surface area contributed by atoms with Gasteiger partial charge in [0.05, 0.1) is 4.92 Å². The summed E-state index contributed by atoms with van der Waals surface area (Å²) >= 11 is 0. The van der Waals surface area contributed by atoms with Gasteiger partial charge in [0, 0.05) is 70.2 Å². The Labute approximate surface area is 172 Å². The van der Waals surface area contributed by atoms with E-state index in [-0.39, 0.29) is 17.2 Å². The van der Waals surface area contributed by atoms with Crippen LogP contribution >= 0.6 is 0 Å². The van der Waals surface area contributed by atoms with E-state index >= 15 is 0 Å². The Bertz CT molecular complexity index is 757. The second kappa shape index (κ2) is 8.67. The molecule has 3 aliphatic rings. The Morgan fingerprint density at radius 3 is 2.48 bits per heavy atom. The molecule has 3 aliphatic heterocycles. The second-order valence-electron chi connectivity index (χ2n) is 8.32. The molecule has 3 heterocycles. The van der Waals surface area contributed by atoms with E-state index < -0.39 is 4.92 Å². The first kappa shape index (κ1) is 20.1. The van der Waals surface area contributed by atoms with Crippen molar-refractivity contribution in [2.75, 3.05) is 63.8 Å². The van der Waals surface area contributed by atoms with E-state index in [0.29, 0.717) is 19.1 Å². The van der Waals surface area contributed by atoms with E-state index in [9.17, 15) is 14.9 Å². The fourth-order valence-corrected chi connectivity index (χ4v) is 4.86. The topological polar surface area (TPSA) is 73.2 Å². The van der Waals surface area contributed by atoms with Gasteiger partial charge < -0.3 is 14.7 Å². The van der Waals surface area contributed by atoms with Crippen molar-refractivity contribution < 1.29 is 9.72 Å². The monoisotopic (exact) mass is 401 g/mol. The number of amides is 1. The van der Waals surface area contributed by atoms with E-state index in [0.717, 1.165) is 70.8 Å². The zero-order valence-electron chi connectivity index (χ0n) is 17.3. The maximum atomic E-state index is 12.9. The van der Waals surface area contributed by atoms with Crippen LogP contribution in [0.2, 0.25) is 0 Å². The molecule has 0 saturated carbocycles. The molecule has 0 aromatic heterocycles. The average Bonchev–Trinajstić information content (AvgIpc) is 3.45. The highest BCUT2D eigenvalue weighted by molar-refractivity contribution is 5.99. The molecule has 3 saturated heterocycles. The molecule has 0 N–H and O–H groups in total. The molecule has 4 rings (SSSR count). The number of nitrogens with zero attached hydrogens (tertiary/aromatic N) is 5. The number of hydrogen-bond donors (Lipinski definition) is 0. The lowest BCUT2D eigenvalue weighted by Gasteiger charge is -2.37. The van der Waals surface area contributed by atoms with Crippen molar-refractivity contribution >= 4 is 17.3 Å². The van der Waals surface area contributed by atoms with E-state index in [2.05, 4.69) is 21.6 Å². The predicted octanol–water partition coefficient (Wildman–Crippen LogP) is 2.05. The molecule has 3 fully saturated rings. The van der Waals surface area contributed by atoms with E-state index in [1.54, 1.807) is 17.0 Å². The lowest BCUT2D eigenvalue weighted by atomic mass is 10.1. The molecule has 8 heteroatoms. The molecule has 158 valence electrons. The Morgan fingerprint density at radius 2 is 1.83 bits per heavy atom.